The summed E-state index contributed by atoms with van der Waals surface area (Å²) in [5, 5.41) is 19.9. The van der Waals surface area contributed by atoms with Gasteiger partial charge in [0.1, 0.15) is 0 Å². The van der Waals surface area contributed by atoms with Gasteiger partial charge in [-0.25, -0.2) is 0 Å². The molecule has 1 rings (SSSR count). The molecule has 152 valence electrons. The Morgan fingerprint density at radius 2 is 2.00 bits per heavy atom. The average Bonchev–Trinajstić information content (AvgIpc) is 2.60. The number of ether oxygens (including phenoxy) is 1. The average molecular weight is 372 g/mol. The van der Waals surface area contributed by atoms with Crippen molar-refractivity contribution < 1.29 is 14.6 Å². The summed E-state index contributed by atoms with van der Waals surface area (Å²) in [5.41, 5.74) is -0.909. The molecule has 1 amide bonds. The Morgan fingerprint density at radius 1 is 1.31 bits per heavy atom. The van der Waals surface area contributed by atoms with Gasteiger partial charge in [0.05, 0.1) is 25.4 Å². The number of nitrogens with one attached hydrogen (secondary N) is 3. The number of amides is 1. The number of nitrogens with zero attached hydrogens (tertiary/aromatic N) is 2. The van der Waals surface area contributed by atoms with Crippen LogP contribution in [-0.2, 0) is 9.53 Å². The molecule has 0 spiro atoms. The van der Waals surface area contributed by atoms with Crippen LogP contribution in [0.25, 0.3) is 0 Å². The Kier molecular flexibility index (Phi) is 10.5. The number of morpholine rings is 1. The predicted octanol–water partition coefficient (Wildman–Crippen LogP) is -0.0705. The molecule has 1 saturated heterocycles. The van der Waals surface area contributed by atoms with Gasteiger partial charge in [0.25, 0.3) is 0 Å². The molecule has 1 heterocycles. The lowest BCUT2D eigenvalue weighted by molar-refractivity contribution is -0.121. The molecule has 1 aliphatic heterocycles. The number of rotatable bonds is 10. The second-order valence-electron chi connectivity index (χ2n) is 7.13. The van der Waals surface area contributed by atoms with Gasteiger partial charge in [-0.3, -0.25) is 14.7 Å². The first kappa shape index (κ1) is 22.7. The maximum absolute atomic E-state index is 11.8. The number of aliphatic hydroxyl groups is 1. The Labute approximate surface area is 157 Å². The van der Waals surface area contributed by atoms with Gasteiger partial charge in [-0.15, -0.1) is 0 Å². The van der Waals surface area contributed by atoms with Crippen LogP contribution >= 0.6 is 0 Å². The van der Waals surface area contributed by atoms with Crippen molar-refractivity contribution in [3.63, 3.8) is 0 Å². The SMILES string of the molecule is CCNC(=NCC(C)(O)CN1CCOCC1)NCCC(=O)NC(C)CC. The molecule has 0 aromatic rings. The van der Waals surface area contributed by atoms with E-state index < -0.39 is 5.60 Å². The number of hydrogen-bond acceptors (Lipinski definition) is 5. The normalized spacial score (nSPS) is 19.5. The third kappa shape index (κ3) is 9.94. The fraction of sp³-hybridized carbons (Fsp3) is 0.889. The quantitative estimate of drug-likeness (QED) is 0.317. The molecule has 2 unspecified atom stereocenters. The molecule has 0 aromatic carbocycles. The number of aliphatic imine (C=N–C) groups is 1. The summed E-state index contributed by atoms with van der Waals surface area (Å²) < 4.78 is 5.34. The zero-order valence-electron chi connectivity index (χ0n) is 16.8. The summed E-state index contributed by atoms with van der Waals surface area (Å²) in [7, 11) is 0. The van der Waals surface area contributed by atoms with E-state index in [0.29, 0.717) is 45.2 Å². The van der Waals surface area contributed by atoms with Gasteiger partial charge in [0.2, 0.25) is 5.91 Å². The van der Waals surface area contributed by atoms with Crippen molar-refractivity contribution in [2.45, 2.75) is 52.2 Å². The van der Waals surface area contributed by atoms with Crippen LogP contribution in [0, 0.1) is 0 Å². The van der Waals surface area contributed by atoms with E-state index >= 15 is 0 Å². The van der Waals surface area contributed by atoms with Gasteiger partial charge in [0.15, 0.2) is 5.96 Å². The summed E-state index contributed by atoms with van der Waals surface area (Å²) in [5.74, 6) is 0.646. The highest BCUT2D eigenvalue weighted by molar-refractivity contribution is 5.81. The Hall–Kier alpha value is -1.38. The minimum atomic E-state index is -0.909. The van der Waals surface area contributed by atoms with Crippen LogP contribution in [0.15, 0.2) is 4.99 Å². The number of hydrogen-bond donors (Lipinski definition) is 4. The molecule has 4 N–H and O–H groups in total. The molecule has 1 fully saturated rings. The Bertz CT molecular complexity index is 437. The lowest BCUT2D eigenvalue weighted by Crippen LogP contribution is -2.48. The van der Waals surface area contributed by atoms with Crippen LogP contribution < -0.4 is 16.0 Å². The number of carbonyl (C=O) groups excluding carboxylic acids is 1. The molecule has 26 heavy (non-hydrogen) atoms. The molecule has 0 saturated carbocycles. The standard InChI is InChI=1S/C18H37N5O3/c1-5-15(3)22-16(24)7-8-20-17(19-6-2)21-13-18(4,25)14-23-9-11-26-12-10-23/h15,25H,5-14H2,1-4H3,(H,22,24)(H2,19,20,21). The molecular weight excluding hydrogens is 334 g/mol. The number of carbonyl (C=O) groups is 1. The summed E-state index contributed by atoms with van der Waals surface area (Å²) in [6, 6.07) is 0.194. The molecule has 0 aromatic heterocycles. The van der Waals surface area contributed by atoms with Crippen molar-refractivity contribution in [1.82, 2.24) is 20.9 Å². The molecule has 1 aliphatic rings. The van der Waals surface area contributed by atoms with Crippen molar-refractivity contribution in [2.75, 3.05) is 52.5 Å². The molecule has 0 aliphatic carbocycles. The second-order valence-corrected chi connectivity index (χ2v) is 7.13. The van der Waals surface area contributed by atoms with Crippen LogP contribution in [0.3, 0.4) is 0 Å². The topological polar surface area (TPSA) is 98.2 Å². The molecular formula is C18H37N5O3. The van der Waals surface area contributed by atoms with Crippen LogP contribution in [0.2, 0.25) is 0 Å². The maximum atomic E-state index is 11.8. The van der Waals surface area contributed by atoms with E-state index in [0.717, 1.165) is 26.1 Å². The minimum absolute atomic E-state index is 0.0296. The van der Waals surface area contributed by atoms with E-state index in [1.165, 1.54) is 0 Å². The largest absolute Gasteiger partial charge is 0.387 e. The lowest BCUT2D eigenvalue weighted by atomic mass is 10.1. The van der Waals surface area contributed by atoms with Crippen molar-refractivity contribution in [1.29, 1.82) is 0 Å². The first-order chi connectivity index (χ1) is 12.4. The number of guanidine groups is 1. The molecule has 2 atom stereocenters. The van der Waals surface area contributed by atoms with Crippen molar-refractivity contribution in [2.24, 2.45) is 4.99 Å². The molecule has 8 heteroatoms. The van der Waals surface area contributed by atoms with E-state index in [4.69, 9.17) is 4.74 Å². The first-order valence-corrected chi connectivity index (χ1v) is 9.70. The first-order valence-electron chi connectivity index (χ1n) is 9.70. The second kappa shape index (κ2) is 12.1. The van der Waals surface area contributed by atoms with Gasteiger partial charge in [-0.2, -0.15) is 0 Å². The van der Waals surface area contributed by atoms with E-state index in [-0.39, 0.29) is 11.9 Å². The van der Waals surface area contributed by atoms with Crippen LogP contribution in [0.5, 0.6) is 0 Å². The van der Waals surface area contributed by atoms with E-state index in [9.17, 15) is 9.90 Å². The highest BCUT2D eigenvalue weighted by Crippen LogP contribution is 2.09. The Morgan fingerprint density at radius 3 is 2.62 bits per heavy atom. The predicted molar refractivity (Wildman–Crippen MR) is 104 cm³/mol. The summed E-state index contributed by atoms with van der Waals surface area (Å²) in [4.78, 5) is 18.5. The van der Waals surface area contributed by atoms with Crippen LogP contribution in [-0.4, -0.2) is 86.0 Å². The fourth-order valence-electron chi connectivity index (χ4n) is 2.63. The summed E-state index contributed by atoms with van der Waals surface area (Å²) in [6.45, 7) is 13.0. The lowest BCUT2D eigenvalue weighted by Gasteiger charge is -2.33. The van der Waals surface area contributed by atoms with Crippen molar-refractivity contribution >= 4 is 11.9 Å². The van der Waals surface area contributed by atoms with Gasteiger partial charge in [-0.05, 0) is 27.2 Å². The maximum Gasteiger partial charge on any atom is 0.221 e. The van der Waals surface area contributed by atoms with Gasteiger partial charge in [-0.1, -0.05) is 6.92 Å². The van der Waals surface area contributed by atoms with E-state index in [2.05, 4.69) is 25.8 Å². The monoisotopic (exact) mass is 371 g/mol. The fourth-order valence-corrected chi connectivity index (χ4v) is 2.63. The van der Waals surface area contributed by atoms with Crippen LogP contribution in [0.4, 0.5) is 0 Å². The number of β-amino-alcohol motifs (C(OH)–C–C–N with tert-alkyl or cyclic N) is 1. The third-order valence-corrected chi connectivity index (χ3v) is 4.25. The van der Waals surface area contributed by atoms with Gasteiger partial charge < -0.3 is 25.8 Å². The zero-order valence-corrected chi connectivity index (χ0v) is 16.8. The highest BCUT2D eigenvalue weighted by atomic mass is 16.5. The minimum Gasteiger partial charge on any atom is -0.387 e. The van der Waals surface area contributed by atoms with Gasteiger partial charge in [0, 0.05) is 45.2 Å². The smallest absolute Gasteiger partial charge is 0.221 e. The van der Waals surface area contributed by atoms with Crippen molar-refractivity contribution in [3.05, 3.63) is 0 Å². The highest BCUT2D eigenvalue weighted by Gasteiger charge is 2.25. The third-order valence-electron chi connectivity index (χ3n) is 4.25. The molecule has 0 radical (unpaired) electrons. The molecule has 8 nitrogen and oxygen atoms in total. The Balaban J connectivity index is 2.42. The zero-order chi connectivity index (χ0) is 19.4. The summed E-state index contributed by atoms with van der Waals surface area (Å²) >= 11 is 0. The van der Waals surface area contributed by atoms with E-state index in [1.54, 1.807) is 6.92 Å². The van der Waals surface area contributed by atoms with Gasteiger partial charge >= 0.3 is 0 Å². The van der Waals surface area contributed by atoms with Crippen molar-refractivity contribution in [3.8, 4) is 0 Å². The van der Waals surface area contributed by atoms with E-state index in [1.807, 2.05) is 20.8 Å². The summed E-state index contributed by atoms with van der Waals surface area (Å²) in [6.07, 6.45) is 1.31. The molecule has 0 bridgehead atoms. The van der Waals surface area contributed by atoms with Crippen LogP contribution in [0.1, 0.15) is 40.5 Å².